The zero-order chi connectivity index (χ0) is 12.8. The summed E-state index contributed by atoms with van der Waals surface area (Å²) in [7, 11) is 0. The first-order valence-electron chi connectivity index (χ1n) is 6.38. The highest BCUT2D eigenvalue weighted by Crippen LogP contribution is 2.23. The molecular weight excluding hydrogens is 228 g/mol. The number of hydrogen-bond acceptors (Lipinski definition) is 3. The lowest BCUT2D eigenvalue weighted by molar-refractivity contribution is -0.125. The molecular formula is C14H18N2O2. The molecule has 2 N–H and O–H groups in total. The molecule has 0 bridgehead atoms. The minimum absolute atomic E-state index is 0.0126. The number of aromatic hydroxyl groups is 1. The van der Waals surface area contributed by atoms with E-state index in [1.54, 1.807) is 18.2 Å². The van der Waals surface area contributed by atoms with Gasteiger partial charge in [0.25, 0.3) is 0 Å². The SMILES string of the molecule is O=C(N/N=C/c1ccccc1O)C1CCCCC1. The number of hydrazone groups is 1. The Kier molecular flexibility index (Phi) is 4.34. The standard InChI is InChI=1S/C14H18N2O2/c17-13-9-5-4-8-12(13)10-15-16-14(18)11-6-2-1-3-7-11/h4-5,8-11,17H,1-3,6-7H2,(H,16,18)/b15-10+. The Hall–Kier alpha value is -1.84. The quantitative estimate of drug-likeness (QED) is 0.635. The topological polar surface area (TPSA) is 61.7 Å². The van der Waals surface area contributed by atoms with E-state index in [2.05, 4.69) is 10.5 Å². The summed E-state index contributed by atoms with van der Waals surface area (Å²) in [6.07, 6.45) is 6.86. The van der Waals surface area contributed by atoms with Crippen molar-refractivity contribution in [2.75, 3.05) is 0 Å². The first kappa shape index (κ1) is 12.6. The van der Waals surface area contributed by atoms with Crippen LogP contribution in [0.15, 0.2) is 29.4 Å². The molecule has 4 nitrogen and oxygen atoms in total. The summed E-state index contributed by atoms with van der Waals surface area (Å²) in [5, 5.41) is 13.4. The summed E-state index contributed by atoms with van der Waals surface area (Å²) in [5.74, 6) is 0.245. The number of carbonyl (C=O) groups is 1. The molecule has 0 spiro atoms. The van der Waals surface area contributed by atoms with Crippen LogP contribution < -0.4 is 5.43 Å². The lowest BCUT2D eigenvalue weighted by Gasteiger charge is -2.19. The average molecular weight is 246 g/mol. The van der Waals surface area contributed by atoms with Crippen molar-refractivity contribution in [1.82, 2.24) is 5.43 Å². The predicted molar refractivity (Wildman–Crippen MR) is 70.4 cm³/mol. The number of para-hydroxylation sites is 1. The molecule has 0 unspecified atom stereocenters. The van der Waals surface area contributed by atoms with Crippen LogP contribution in [0.25, 0.3) is 0 Å². The minimum Gasteiger partial charge on any atom is -0.507 e. The normalized spacial score (nSPS) is 16.9. The molecule has 1 amide bonds. The van der Waals surface area contributed by atoms with E-state index >= 15 is 0 Å². The zero-order valence-corrected chi connectivity index (χ0v) is 10.3. The van der Waals surface area contributed by atoms with Gasteiger partial charge >= 0.3 is 0 Å². The Bertz CT molecular complexity index is 437. The second-order valence-electron chi connectivity index (χ2n) is 4.63. The van der Waals surface area contributed by atoms with Crippen molar-refractivity contribution in [3.05, 3.63) is 29.8 Å². The maximum Gasteiger partial charge on any atom is 0.243 e. The molecule has 0 aliphatic heterocycles. The minimum atomic E-state index is -0.0126. The van der Waals surface area contributed by atoms with Crippen LogP contribution in [0, 0.1) is 5.92 Å². The molecule has 0 aromatic heterocycles. The smallest absolute Gasteiger partial charge is 0.243 e. The maximum absolute atomic E-state index is 11.8. The van der Waals surface area contributed by atoms with Crippen molar-refractivity contribution in [1.29, 1.82) is 0 Å². The molecule has 1 aliphatic carbocycles. The average Bonchev–Trinajstić information content (AvgIpc) is 2.42. The van der Waals surface area contributed by atoms with Gasteiger partial charge in [0.2, 0.25) is 5.91 Å². The summed E-state index contributed by atoms with van der Waals surface area (Å²) in [5.41, 5.74) is 3.15. The number of nitrogens with one attached hydrogen (secondary N) is 1. The van der Waals surface area contributed by atoms with Crippen LogP contribution in [-0.4, -0.2) is 17.2 Å². The summed E-state index contributed by atoms with van der Waals surface area (Å²) >= 11 is 0. The lowest BCUT2D eigenvalue weighted by atomic mass is 9.89. The van der Waals surface area contributed by atoms with Crippen LogP contribution in [0.4, 0.5) is 0 Å². The molecule has 4 heteroatoms. The van der Waals surface area contributed by atoms with E-state index in [4.69, 9.17) is 0 Å². The third kappa shape index (κ3) is 3.32. The summed E-state index contributed by atoms with van der Waals surface area (Å²) in [4.78, 5) is 11.8. The van der Waals surface area contributed by atoms with E-state index in [0.717, 1.165) is 25.7 Å². The molecule has 1 fully saturated rings. The largest absolute Gasteiger partial charge is 0.507 e. The van der Waals surface area contributed by atoms with Crippen LogP contribution in [0.5, 0.6) is 5.75 Å². The number of benzene rings is 1. The zero-order valence-electron chi connectivity index (χ0n) is 10.3. The van der Waals surface area contributed by atoms with Crippen molar-refractivity contribution in [3.63, 3.8) is 0 Å². The van der Waals surface area contributed by atoms with E-state index in [-0.39, 0.29) is 17.6 Å². The fraction of sp³-hybridized carbons (Fsp3) is 0.429. The highest BCUT2D eigenvalue weighted by atomic mass is 16.3. The molecule has 1 aromatic carbocycles. The van der Waals surface area contributed by atoms with Crippen LogP contribution in [0.3, 0.4) is 0 Å². The Morgan fingerprint density at radius 3 is 2.72 bits per heavy atom. The fourth-order valence-electron chi connectivity index (χ4n) is 2.22. The maximum atomic E-state index is 11.8. The van der Waals surface area contributed by atoms with Gasteiger partial charge in [0.1, 0.15) is 5.75 Å². The molecule has 0 heterocycles. The molecule has 1 saturated carbocycles. The predicted octanol–water partition coefficient (Wildman–Crippen LogP) is 2.42. The van der Waals surface area contributed by atoms with E-state index in [0.29, 0.717) is 5.56 Å². The Morgan fingerprint density at radius 1 is 1.28 bits per heavy atom. The van der Waals surface area contributed by atoms with Crippen LogP contribution in [-0.2, 0) is 4.79 Å². The summed E-state index contributed by atoms with van der Waals surface area (Å²) in [6.45, 7) is 0. The van der Waals surface area contributed by atoms with Gasteiger partial charge in [0.15, 0.2) is 0 Å². The number of phenols is 1. The molecule has 2 rings (SSSR count). The van der Waals surface area contributed by atoms with Gasteiger partial charge in [-0.1, -0.05) is 31.4 Å². The van der Waals surface area contributed by atoms with Crippen LogP contribution >= 0.6 is 0 Å². The van der Waals surface area contributed by atoms with Gasteiger partial charge in [-0.2, -0.15) is 5.10 Å². The highest BCUT2D eigenvalue weighted by Gasteiger charge is 2.20. The molecule has 96 valence electrons. The van der Waals surface area contributed by atoms with E-state index in [9.17, 15) is 9.90 Å². The monoisotopic (exact) mass is 246 g/mol. The first-order valence-corrected chi connectivity index (χ1v) is 6.38. The number of rotatable bonds is 3. The third-order valence-electron chi connectivity index (χ3n) is 3.29. The third-order valence-corrected chi connectivity index (χ3v) is 3.29. The van der Waals surface area contributed by atoms with E-state index in [1.807, 2.05) is 6.07 Å². The first-order chi connectivity index (χ1) is 8.77. The summed E-state index contributed by atoms with van der Waals surface area (Å²) in [6, 6.07) is 6.88. The van der Waals surface area contributed by atoms with Gasteiger partial charge in [-0.05, 0) is 25.0 Å². The van der Waals surface area contributed by atoms with Gasteiger partial charge in [-0.25, -0.2) is 5.43 Å². The van der Waals surface area contributed by atoms with Crippen molar-refractivity contribution in [2.24, 2.45) is 11.0 Å². The van der Waals surface area contributed by atoms with Crippen molar-refractivity contribution < 1.29 is 9.90 Å². The fourth-order valence-corrected chi connectivity index (χ4v) is 2.22. The van der Waals surface area contributed by atoms with Gasteiger partial charge in [-0.3, -0.25) is 4.79 Å². The number of phenolic OH excluding ortho intramolecular Hbond substituents is 1. The number of nitrogens with zero attached hydrogens (tertiary/aromatic N) is 1. The van der Waals surface area contributed by atoms with Gasteiger partial charge in [0.05, 0.1) is 6.21 Å². The number of carbonyl (C=O) groups excluding carboxylic acids is 1. The molecule has 0 radical (unpaired) electrons. The van der Waals surface area contributed by atoms with Crippen LogP contribution in [0.2, 0.25) is 0 Å². The van der Waals surface area contributed by atoms with Gasteiger partial charge in [-0.15, -0.1) is 0 Å². The number of hydrogen-bond donors (Lipinski definition) is 2. The molecule has 18 heavy (non-hydrogen) atoms. The van der Waals surface area contributed by atoms with Gasteiger partial charge in [0, 0.05) is 11.5 Å². The Morgan fingerprint density at radius 2 is 2.00 bits per heavy atom. The molecule has 1 aromatic rings. The second-order valence-corrected chi connectivity index (χ2v) is 4.63. The summed E-state index contributed by atoms with van der Waals surface area (Å²) < 4.78 is 0. The molecule has 0 atom stereocenters. The Labute approximate surface area is 107 Å². The second kappa shape index (κ2) is 6.19. The lowest BCUT2D eigenvalue weighted by Crippen LogP contribution is -2.28. The van der Waals surface area contributed by atoms with Gasteiger partial charge < -0.3 is 5.11 Å². The van der Waals surface area contributed by atoms with Crippen molar-refractivity contribution in [3.8, 4) is 5.75 Å². The van der Waals surface area contributed by atoms with Crippen LogP contribution in [0.1, 0.15) is 37.7 Å². The highest BCUT2D eigenvalue weighted by molar-refractivity contribution is 5.85. The molecule has 0 saturated heterocycles. The number of amides is 1. The molecule has 1 aliphatic rings. The van der Waals surface area contributed by atoms with Crippen molar-refractivity contribution >= 4 is 12.1 Å². The Balaban J connectivity index is 1.87. The van der Waals surface area contributed by atoms with E-state index in [1.165, 1.54) is 12.6 Å². The van der Waals surface area contributed by atoms with Crippen molar-refractivity contribution in [2.45, 2.75) is 32.1 Å². The van der Waals surface area contributed by atoms with E-state index < -0.39 is 0 Å².